The van der Waals surface area contributed by atoms with E-state index in [-0.39, 0.29) is 12.1 Å². The van der Waals surface area contributed by atoms with Crippen molar-refractivity contribution < 1.29 is 4.79 Å². The van der Waals surface area contributed by atoms with Crippen LogP contribution in [0.15, 0.2) is 6.20 Å². The first-order valence-electron chi connectivity index (χ1n) is 5.69. The smallest absolute Gasteiger partial charge is 0.321 e. The molecule has 2 amide bonds. The monoisotopic (exact) mass is 273 g/mol. The Kier molecular flexibility index (Phi) is 6.36. The topological polar surface area (TPSA) is 54.0 Å². The van der Waals surface area contributed by atoms with E-state index in [0.29, 0.717) is 5.13 Å². The van der Waals surface area contributed by atoms with Gasteiger partial charge in [0, 0.05) is 17.1 Å². The van der Waals surface area contributed by atoms with Crippen molar-refractivity contribution in [2.75, 3.05) is 16.8 Å². The van der Waals surface area contributed by atoms with E-state index >= 15 is 0 Å². The number of amides is 2. The number of aryl methyl sites for hydroxylation is 1. The fraction of sp³-hybridized carbons (Fsp3) is 0.636. The number of thiazole rings is 1. The van der Waals surface area contributed by atoms with Crippen molar-refractivity contribution in [3.8, 4) is 0 Å². The summed E-state index contributed by atoms with van der Waals surface area (Å²) in [5.74, 6) is 2.20. The predicted octanol–water partition coefficient (Wildman–Crippen LogP) is 3.10. The summed E-state index contributed by atoms with van der Waals surface area (Å²) < 4.78 is 0. The van der Waals surface area contributed by atoms with Gasteiger partial charge >= 0.3 is 6.03 Å². The molecule has 0 aliphatic rings. The molecule has 0 aliphatic carbocycles. The molecule has 1 aromatic rings. The van der Waals surface area contributed by atoms with Crippen LogP contribution < -0.4 is 10.6 Å². The standard InChI is InChI=1S/C11H19N3OS2/c1-4-16-6-5-8(2)13-10(15)14-11-12-7-9(3)17-11/h7-8H,4-6H2,1-3H3,(H2,12,13,14,15). The summed E-state index contributed by atoms with van der Waals surface area (Å²) in [6, 6.07) is 0.0171. The van der Waals surface area contributed by atoms with E-state index in [1.54, 1.807) is 6.20 Å². The van der Waals surface area contributed by atoms with E-state index in [0.717, 1.165) is 22.8 Å². The Balaban J connectivity index is 2.24. The Bertz CT molecular complexity index is 354. The van der Waals surface area contributed by atoms with Crippen LogP contribution in [-0.4, -0.2) is 28.6 Å². The highest BCUT2D eigenvalue weighted by molar-refractivity contribution is 7.99. The fourth-order valence-corrected chi connectivity index (χ4v) is 2.71. The number of carbonyl (C=O) groups excluding carboxylic acids is 1. The van der Waals surface area contributed by atoms with Crippen LogP contribution in [0.25, 0.3) is 0 Å². The summed E-state index contributed by atoms with van der Waals surface area (Å²) >= 11 is 3.37. The average molecular weight is 273 g/mol. The summed E-state index contributed by atoms with van der Waals surface area (Å²) in [6.45, 7) is 6.12. The molecule has 1 aromatic heterocycles. The van der Waals surface area contributed by atoms with Gasteiger partial charge in [0.2, 0.25) is 0 Å². The quantitative estimate of drug-likeness (QED) is 0.783. The first kappa shape index (κ1) is 14.3. The van der Waals surface area contributed by atoms with Gasteiger partial charge in [-0.15, -0.1) is 11.3 Å². The number of carbonyl (C=O) groups is 1. The third kappa shape index (κ3) is 5.93. The van der Waals surface area contributed by atoms with E-state index in [1.807, 2.05) is 25.6 Å². The minimum atomic E-state index is -0.173. The second-order valence-corrected chi connectivity index (χ2v) is 6.39. The van der Waals surface area contributed by atoms with Crippen LogP contribution in [0.4, 0.5) is 9.93 Å². The zero-order valence-electron chi connectivity index (χ0n) is 10.4. The molecule has 0 aromatic carbocycles. The van der Waals surface area contributed by atoms with Gasteiger partial charge in [-0.3, -0.25) is 5.32 Å². The largest absolute Gasteiger partial charge is 0.335 e. The lowest BCUT2D eigenvalue weighted by atomic mass is 10.3. The Hall–Kier alpha value is -0.750. The molecule has 1 rings (SSSR count). The predicted molar refractivity (Wildman–Crippen MR) is 76.1 cm³/mol. The van der Waals surface area contributed by atoms with E-state index in [2.05, 4.69) is 22.5 Å². The van der Waals surface area contributed by atoms with Crippen LogP contribution in [0.3, 0.4) is 0 Å². The molecule has 0 saturated heterocycles. The highest BCUT2D eigenvalue weighted by Crippen LogP contribution is 2.16. The van der Waals surface area contributed by atoms with Gasteiger partial charge in [-0.25, -0.2) is 9.78 Å². The van der Waals surface area contributed by atoms with Crippen LogP contribution >= 0.6 is 23.1 Å². The summed E-state index contributed by atoms with van der Waals surface area (Å²) in [5, 5.41) is 6.28. The van der Waals surface area contributed by atoms with E-state index < -0.39 is 0 Å². The lowest BCUT2D eigenvalue weighted by Crippen LogP contribution is -2.36. The minimum Gasteiger partial charge on any atom is -0.335 e. The summed E-state index contributed by atoms with van der Waals surface area (Å²) in [4.78, 5) is 16.8. The van der Waals surface area contributed by atoms with Crippen molar-refractivity contribution in [1.29, 1.82) is 0 Å². The maximum atomic E-state index is 11.6. The molecule has 1 unspecified atom stereocenters. The molecular formula is C11H19N3OS2. The molecule has 2 N–H and O–H groups in total. The maximum absolute atomic E-state index is 11.6. The number of nitrogens with one attached hydrogen (secondary N) is 2. The maximum Gasteiger partial charge on any atom is 0.321 e. The number of urea groups is 1. The van der Waals surface area contributed by atoms with Gasteiger partial charge in [-0.1, -0.05) is 6.92 Å². The van der Waals surface area contributed by atoms with Crippen LogP contribution in [0.1, 0.15) is 25.1 Å². The second kappa shape index (κ2) is 7.55. The van der Waals surface area contributed by atoms with Crippen molar-refractivity contribution in [2.45, 2.75) is 33.2 Å². The van der Waals surface area contributed by atoms with Crippen LogP contribution in [-0.2, 0) is 0 Å². The van der Waals surface area contributed by atoms with Gasteiger partial charge in [-0.2, -0.15) is 11.8 Å². The molecule has 6 heteroatoms. The Morgan fingerprint density at radius 3 is 3.00 bits per heavy atom. The van der Waals surface area contributed by atoms with E-state index in [9.17, 15) is 4.79 Å². The normalized spacial score (nSPS) is 12.2. The van der Waals surface area contributed by atoms with Crippen molar-refractivity contribution >= 4 is 34.3 Å². The average Bonchev–Trinajstić information content (AvgIpc) is 2.64. The second-order valence-electron chi connectivity index (χ2n) is 3.76. The Morgan fingerprint density at radius 2 is 2.41 bits per heavy atom. The van der Waals surface area contributed by atoms with Gasteiger partial charge in [0.25, 0.3) is 0 Å². The molecule has 0 aliphatic heterocycles. The number of aromatic nitrogens is 1. The molecule has 0 radical (unpaired) electrons. The van der Waals surface area contributed by atoms with Gasteiger partial charge < -0.3 is 5.32 Å². The lowest BCUT2D eigenvalue weighted by Gasteiger charge is -2.13. The van der Waals surface area contributed by atoms with Crippen molar-refractivity contribution in [2.24, 2.45) is 0 Å². The van der Waals surface area contributed by atoms with Crippen LogP contribution in [0.5, 0.6) is 0 Å². The molecule has 1 heterocycles. The summed E-state index contributed by atoms with van der Waals surface area (Å²) in [7, 11) is 0. The zero-order chi connectivity index (χ0) is 12.7. The third-order valence-corrected chi connectivity index (χ3v) is 3.88. The van der Waals surface area contributed by atoms with Gasteiger partial charge in [-0.05, 0) is 31.8 Å². The third-order valence-electron chi connectivity index (χ3n) is 2.12. The van der Waals surface area contributed by atoms with Crippen molar-refractivity contribution in [3.05, 3.63) is 11.1 Å². The zero-order valence-corrected chi connectivity index (χ0v) is 12.1. The molecule has 0 fully saturated rings. The van der Waals surface area contributed by atoms with Gasteiger partial charge in [0.1, 0.15) is 0 Å². The van der Waals surface area contributed by atoms with E-state index in [1.165, 1.54) is 11.3 Å². The minimum absolute atomic E-state index is 0.173. The van der Waals surface area contributed by atoms with Crippen molar-refractivity contribution in [1.82, 2.24) is 10.3 Å². The SMILES string of the molecule is CCSCCC(C)NC(=O)Nc1ncc(C)s1. The molecule has 96 valence electrons. The molecule has 1 atom stereocenters. The van der Waals surface area contributed by atoms with Crippen LogP contribution in [0.2, 0.25) is 0 Å². The highest BCUT2D eigenvalue weighted by atomic mass is 32.2. The van der Waals surface area contributed by atoms with Gasteiger partial charge in [0.15, 0.2) is 5.13 Å². The Labute approximate surface area is 111 Å². The molecule has 17 heavy (non-hydrogen) atoms. The van der Waals surface area contributed by atoms with Crippen molar-refractivity contribution in [3.63, 3.8) is 0 Å². The Morgan fingerprint density at radius 1 is 1.65 bits per heavy atom. The number of anilines is 1. The first-order valence-corrected chi connectivity index (χ1v) is 7.66. The number of thioether (sulfide) groups is 1. The summed E-state index contributed by atoms with van der Waals surface area (Å²) in [6.07, 6.45) is 2.74. The number of hydrogen-bond acceptors (Lipinski definition) is 4. The molecule has 0 saturated carbocycles. The number of hydrogen-bond donors (Lipinski definition) is 2. The molecule has 0 spiro atoms. The van der Waals surface area contributed by atoms with E-state index in [4.69, 9.17) is 0 Å². The molecule has 0 bridgehead atoms. The summed E-state index contributed by atoms with van der Waals surface area (Å²) in [5.41, 5.74) is 0. The lowest BCUT2D eigenvalue weighted by molar-refractivity contribution is 0.249. The van der Waals surface area contributed by atoms with Crippen LogP contribution in [0, 0.1) is 6.92 Å². The highest BCUT2D eigenvalue weighted by Gasteiger charge is 2.08. The first-order chi connectivity index (χ1) is 8.11. The number of nitrogens with zero attached hydrogens (tertiary/aromatic N) is 1. The number of rotatable bonds is 6. The van der Waals surface area contributed by atoms with Gasteiger partial charge in [0.05, 0.1) is 0 Å². The molecular weight excluding hydrogens is 254 g/mol. The fourth-order valence-electron chi connectivity index (χ4n) is 1.25. The molecule has 4 nitrogen and oxygen atoms in total.